The normalized spacial score (nSPS) is 16.2. The minimum absolute atomic E-state index is 0.353. The van der Waals surface area contributed by atoms with E-state index in [9.17, 15) is 13.2 Å². The fourth-order valence-electron chi connectivity index (χ4n) is 3.09. The Morgan fingerprint density at radius 2 is 1.48 bits per heavy atom. The van der Waals surface area contributed by atoms with Crippen molar-refractivity contribution in [3.05, 3.63) is 71.4 Å². The Morgan fingerprint density at radius 3 is 2.08 bits per heavy atom. The van der Waals surface area contributed by atoms with Crippen molar-refractivity contribution >= 4 is 11.8 Å². The molecule has 0 unspecified atom stereocenters. The van der Waals surface area contributed by atoms with Gasteiger partial charge in [-0.3, -0.25) is 0 Å². The molecule has 3 rings (SSSR count). The van der Waals surface area contributed by atoms with Crippen molar-refractivity contribution in [3.8, 4) is 0 Å². The fourth-order valence-corrected chi connectivity index (χ4v) is 3.09. The van der Waals surface area contributed by atoms with E-state index in [2.05, 4.69) is 4.90 Å². The SMILES string of the molecule is Cc1ccccc1/C=C(/N1CCN(c2ccccc2)CC1)C(F)(F)F. The van der Waals surface area contributed by atoms with E-state index < -0.39 is 11.9 Å². The predicted molar refractivity (Wildman–Crippen MR) is 95.4 cm³/mol. The van der Waals surface area contributed by atoms with Gasteiger partial charge in [0.05, 0.1) is 0 Å². The van der Waals surface area contributed by atoms with Crippen LogP contribution in [-0.4, -0.2) is 37.3 Å². The van der Waals surface area contributed by atoms with Crippen LogP contribution in [0.25, 0.3) is 6.08 Å². The van der Waals surface area contributed by atoms with E-state index in [0.717, 1.165) is 11.3 Å². The molecule has 0 radical (unpaired) electrons. The number of para-hydroxylation sites is 1. The van der Waals surface area contributed by atoms with Gasteiger partial charge < -0.3 is 9.80 Å². The summed E-state index contributed by atoms with van der Waals surface area (Å²) in [5.74, 6) is 0. The second kappa shape index (κ2) is 7.21. The smallest absolute Gasteiger partial charge is 0.368 e. The molecule has 0 saturated carbocycles. The molecule has 0 spiro atoms. The first-order valence-electron chi connectivity index (χ1n) is 8.34. The van der Waals surface area contributed by atoms with Crippen molar-refractivity contribution in [2.45, 2.75) is 13.1 Å². The molecule has 1 heterocycles. The summed E-state index contributed by atoms with van der Waals surface area (Å²) in [5.41, 5.74) is 1.94. The summed E-state index contributed by atoms with van der Waals surface area (Å²) in [5, 5.41) is 0. The van der Waals surface area contributed by atoms with E-state index in [-0.39, 0.29) is 0 Å². The van der Waals surface area contributed by atoms with E-state index in [0.29, 0.717) is 31.7 Å². The number of hydrogen-bond donors (Lipinski definition) is 0. The zero-order chi connectivity index (χ0) is 17.9. The molecule has 0 atom stereocenters. The van der Waals surface area contributed by atoms with Crippen molar-refractivity contribution in [1.29, 1.82) is 0 Å². The molecule has 1 saturated heterocycles. The molecule has 0 aromatic heterocycles. The molecule has 1 aliphatic heterocycles. The topological polar surface area (TPSA) is 6.48 Å². The zero-order valence-electron chi connectivity index (χ0n) is 14.1. The van der Waals surface area contributed by atoms with Crippen LogP contribution in [0.15, 0.2) is 60.3 Å². The van der Waals surface area contributed by atoms with Crippen LogP contribution >= 0.6 is 0 Å². The minimum atomic E-state index is -4.36. The lowest BCUT2D eigenvalue weighted by atomic mass is 10.1. The maximum Gasteiger partial charge on any atom is 0.431 e. The number of hydrogen-bond acceptors (Lipinski definition) is 2. The van der Waals surface area contributed by atoms with Crippen LogP contribution in [0.5, 0.6) is 0 Å². The van der Waals surface area contributed by atoms with Crippen LogP contribution in [0.2, 0.25) is 0 Å². The number of alkyl halides is 3. The van der Waals surface area contributed by atoms with Crippen LogP contribution in [-0.2, 0) is 0 Å². The van der Waals surface area contributed by atoms with Gasteiger partial charge in [-0.2, -0.15) is 13.2 Å². The van der Waals surface area contributed by atoms with Crippen molar-refractivity contribution in [2.24, 2.45) is 0 Å². The van der Waals surface area contributed by atoms with Gasteiger partial charge in [0.15, 0.2) is 0 Å². The van der Waals surface area contributed by atoms with Gasteiger partial charge in [0.25, 0.3) is 0 Å². The quantitative estimate of drug-likeness (QED) is 0.793. The van der Waals surface area contributed by atoms with Gasteiger partial charge in [-0.25, -0.2) is 0 Å². The van der Waals surface area contributed by atoms with Crippen LogP contribution in [0.3, 0.4) is 0 Å². The third-order valence-electron chi connectivity index (χ3n) is 4.51. The highest BCUT2D eigenvalue weighted by molar-refractivity contribution is 5.57. The first-order chi connectivity index (χ1) is 11.9. The van der Waals surface area contributed by atoms with Gasteiger partial charge in [-0.1, -0.05) is 42.5 Å². The third kappa shape index (κ3) is 4.16. The highest BCUT2D eigenvalue weighted by atomic mass is 19.4. The first kappa shape index (κ1) is 17.4. The molecule has 0 N–H and O–H groups in total. The average Bonchev–Trinajstić information content (AvgIpc) is 2.61. The van der Waals surface area contributed by atoms with Gasteiger partial charge in [0, 0.05) is 31.9 Å². The van der Waals surface area contributed by atoms with Crippen molar-refractivity contribution in [2.75, 3.05) is 31.1 Å². The molecule has 25 heavy (non-hydrogen) atoms. The standard InChI is InChI=1S/C20H21F3N2/c1-16-7-5-6-8-17(16)15-19(20(21,22)23)25-13-11-24(12-14-25)18-9-3-2-4-10-18/h2-10,15H,11-14H2,1H3/b19-15+. The summed E-state index contributed by atoms with van der Waals surface area (Å²) < 4.78 is 40.9. The number of aryl methyl sites for hydroxylation is 1. The van der Waals surface area contributed by atoms with E-state index in [4.69, 9.17) is 0 Å². The molecule has 2 aromatic rings. The molecule has 0 bridgehead atoms. The maximum absolute atomic E-state index is 13.6. The number of anilines is 1. The molecule has 0 amide bonds. The molecule has 1 aliphatic rings. The van der Waals surface area contributed by atoms with Crippen LogP contribution < -0.4 is 4.90 Å². The van der Waals surface area contributed by atoms with Gasteiger partial charge in [-0.05, 0) is 36.3 Å². The molecular weight excluding hydrogens is 325 g/mol. The second-order valence-electron chi connectivity index (χ2n) is 6.19. The van der Waals surface area contributed by atoms with Crippen molar-refractivity contribution in [3.63, 3.8) is 0 Å². The Balaban J connectivity index is 1.79. The maximum atomic E-state index is 13.6. The Morgan fingerprint density at radius 1 is 0.880 bits per heavy atom. The van der Waals surface area contributed by atoms with Gasteiger partial charge >= 0.3 is 6.18 Å². The number of piperazine rings is 1. The van der Waals surface area contributed by atoms with Crippen molar-refractivity contribution < 1.29 is 13.2 Å². The number of nitrogens with zero attached hydrogens (tertiary/aromatic N) is 2. The van der Waals surface area contributed by atoms with Gasteiger partial charge in [0.2, 0.25) is 0 Å². The molecular formula is C20H21F3N2. The third-order valence-corrected chi connectivity index (χ3v) is 4.51. The lowest BCUT2D eigenvalue weighted by Gasteiger charge is -2.39. The Labute approximate surface area is 146 Å². The van der Waals surface area contributed by atoms with E-state index >= 15 is 0 Å². The summed E-state index contributed by atoms with van der Waals surface area (Å²) in [6.45, 7) is 3.68. The van der Waals surface area contributed by atoms with E-state index in [1.807, 2.05) is 49.4 Å². The van der Waals surface area contributed by atoms with Crippen LogP contribution in [0.4, 0.5) is 18.9 Å². The highest BCUT2D eigenvalue weighted by Gasteiger charge is 2.38. The predicted octanol–water partition coefficient (Wildman–Crippen LogP) is 4.72. The number of benzene rings is 2. The molecule has 0 aliphatic carbocycles. The Hall–Kier alpha value is -2.43. The largest absolute Gasteiger partial charge is 0.431 e. The zero-order valence-corrected chi connectivity index (χ0v) is 14.1. The average molecular weight is 346 g/mol. The van der Waals surface area contributed by atoms with Gasteiger partial charge in [0.1, 0.15) is 5.70 Å². The fraction of sp³-hybridized carbons (Fsp3) is 0.300. The number of allylic oxidation sites excluding steroid dienone is 1. The lowest BCUT2D eigenvalue weighted by Crippen LogP contribution is -2.48. The molecule has 132 valence electrons. The monoisotopic (exact) mass is 346 g/mol. The lowest BCUT2D eigenvalue weighted by molar-refractivity contribution is -0.110. The summed E-state index contributed by atoms with van der Waals surface area (Å²) in [6.07, 6.45) is -3.09. The van der Waals surface area contributed by atoms with E-state index in [1.165, 1.54) is 11.0 Å². The van der Waals surface area contributed by atoms with Crippen LogP contribution in [0.1, 0.15) is 11.1 Å². The highest BCUT2D eigenvalue weighted by Crippen LogP contribution is 2.32. The number of halogens is 3. The molecule has 2 aromatic carbocycles. The summed E-state index contributed by atoms with van der Waals surface area (Å²) in [4.78, 5) is 3.57. The Bertz CT molecular complexity index is 730. The molecule has 2 nitrogen and oxygen atoms in total. The minimum Gasteiger partial charge on any atom is -0.368 e. The second-order valence-corrected chi connectivity index (χ2v) is 6.19. The summed E-state index contributed by atoms with van der Waals surface area (Å²) in [6, 6.07) is 17.0. The molecule has 1 fully saturated rings. The van der Waals surface area contributed by atoms with Gasteiger partial charge in [-0.15, -0.1) is 0 Å². The summed E-state index contributed by atoms with van der Waals surface area (Å²) >= 11 is 0. The van der Waals surface area contributed by atoms with E-state index in [1.54, 1.807) is 12.1 Å². The summed E-state index contributed by atoms with van der Waals surface area (Å²) in [7, 11) is 0. The number of rotatable bonds is 3. The molecule has 5 heteroatoms. The first-order valence-corrected chi connectivity index (χ1v) is 8.34. The van der Waals surface area contributed by atoms with Crippen molar-refractivity contribution in [1.82, 2.24) is 4.90 Å². The van der Waals surface area contributed by atoms with Crippen LogP contribution in [0, 0.1) is 6.92 Å². The Kier molecular flexibility index (Phi) is 5.02.